The van der Waals surface area contributed by atoms with Gasteiger partial charge in [-0.1, -0.05) is 18.2 Å². The number of para-hydroxylation sites is 1. The van der Waals surface area contributed by atoms with Gasteiger partial charge >= 0.3 is 0 Å². The molecule has 0 fully saturated rings. The molecule has 0 spiro atoms. The standard InChI is InChI=1S/C15H17NO3S/c17-14(12-7-9-20-11-12)6-8-16-15(18)10-19-13-4-2-1-3-5-13/h1-5,7,9,11,14,17H,6,8,10H2,(H,16,18)/t14-/m0/s1. The molecule has 0 radical (unpaired) electrons. The van der Waals surface area contributed by atoms with Gasteiger partial charge in [0.15, 0.2) is 6.61 Å². The van der Waals surface area contributed by atoms with Gasteiger partial charge in [0.05, 0.1) is 6.10 Å². The van der Waals surface area contributed by atoms with E-state index in [1.54, 1.807) is 23.5 Å². The number of ether oxygens (including phenoxy) is 1. The molecule has 1 aromatic carbocycles. The summed E-state index contributed by atoms with van der Waals surface area (Å²) in [5, 5.41) is 16.4. The van der Waals surface area contributed by atoms with Crippen molar-refractivity contribution in [1.82, 2.24) is 5.32 Å². The van der Waals surface area contributed by atoms with Crippen molar-refractivity contribution in [2.24, 2.45) is 0 Å². The van der Waals surface area contributed by atoms with Gasteiger partial charge < -0.3 is 15.2 Å². The van der Waals surface area contributed by atoms with E-state index in [0.717, 1.165) is 5.56 Å². The van der Waals surface area contributed by atoms with Gasteiger partial charge in [0, 0.05) is 6.54 Å². The molecule has 4 nitrogen and oxygen atoms in total. The minimum Gasteiger partial charge on any atom is -0.484 e. The lowest BCUT2D eigenvalue weighted by Gasteiger charge is -2.10. The highest BCUT2D eigenvalue weighted by Crippen LogP contribution is 2.18. The molecule has 5 heteroatoms. The average Bonchev–Trinajstić information content (AvgIpc) is 3.00. The van der Waals surface area contributed by atoms with E-state index in [-0.39, 0.29) is 12.5 Å². The molecule has 20 heavy (non-hydrogen) atoms. The molecule has 0 bridgehead atoms. The molecule has 106 valence electrons. The summed E-state index contributed by atoms with van der Waals surface area (Å²) in [6, 6.07) is 11.1. The summed E-state index contributed by atoms with van der Waals surface area (Å²) in [6.45, 7) is 0.409. The van der Waals surface area contributed by atoms with E-state index in [1.807, 2.05) is 35.0 Å². The number of thiophene rings is 1. The average molecular weight is 291 g/mol. The maximum Gasteiger partial charge on any atom is 0.257 e. The maximum atomic E-state index is 11.6. The number of carbonyl (C=O) groups is 1. The third-order valence-corrected chi connectivity index (χ3v) is 3.48. The van der Waals surface area contributed by atoms with Gasteiger partial charge in [-0.3, -0.25) is 4.79 Å². The first-order valence-corrected chi connectivity index (χ1v) is 7.34. The van der Waals surface area contributed by atoms with Gasteiger partial charge in [-0.15, -0.1) is 0 Å². The van der Waals surface area contributed by atoms with Crippen LogP contribution in [0.1, 0.15) is 18.1 Å². The van der Waals surface area contributed by atoms with Crippen LogP contribution in [0, 0.1) is 0 Å². The number of carbonyl (C=O) groups excluding carboxylic acids is 1. The third-order valence-electron chi connectivity index (χ3n) is 2.78. The first kappa shape index (κ1) is 14.6. The highest BCUT2D eigenvalue weighted by molar-refractivity contribution is 7.07. The lowest BCUT2D eigenvalue weighted by atomic mass is 10.1. The molecule has 1 aromatic heterocycles. The van der Waals surface area contributed by atoms with E-state index in [9.17, 15) is 9.90 Å². The summed E-state index contributed by atoms with van der Waals surface area (Å²) < 4.78 is 5.32. The number of amides is 1. The molecule has 0 aliphatic heterocycles. The lowest BCUT2D eigenvalue weighted by Crippen LogP contribution is -2.30. The number of aliphatic hydroxyl groups excluding tert-OH is 1. The normalized spacial score (nSPS) is 11.8. The van der Waals surface area contributed by atoms with Crippen LogP contribution in [0.15, 0.2) is 47.2 Å². The van der Waals surface area contributed by atoms with Crippen molar-refractivity contribution >= 4 is 17.2 Å². The van der Waals surface area contributed by atoms with E-state index in [4.69, 9.17) is 4.74 Å². The van der Waals surface area contributed by atoms with Crippen LogP contribution in [0.2, 0.25) is 0 Å². The van der Waals surface area contributed by atoms with Crippen LogP contribution in [-0.4, -0.2) is 24.2 Å². The van der Waals surface area contributed by atoms with Crippen molar-refractivity contribution in [2.75, 3.05) is 13.2 Å². The quantitative estimate of drug-likeness (QED) is 0.823. The molecule has 1 atom stereocenters. The molecule has 0 saturated heterocycles. The molecule has 0 saturated carbocycles. The SMILES string of the molecule is O=C(COc1ccccc1)NCC[C@H](O)c1ccsc1. The Morgan fingerprint density at radius 3 is 2.80 bits per heavy atom. The predicted octanol–water partition coefficient (Wildman–Crippen LogP) is 2.37. The zero-order chi connectivity index (χ0) is 14.2. The fourth-order valence-corrected chi connectivity index (χ4v) is 2.40. The fourth-order valence-electron chi connectivity index (χ4n) is 1.70. The second-order valence-corrected chi connectivity index (χ2v) is 5.09. The van der Waals surface area contributed by atoms with Crippen LogP contribution in [0.3, 0.4) is 0 Å². The fraction of sp³-hybridized carbons (Fsp3) is 0.267. The lowest BCUT2D eigenvalue weighted by molar-refractivity contribution is -0.123. The molecule has 0 aliphatic carbocycles. The van der Waals surface area contributed by atoms with E-state index in [2.05, 4.69) is 5.32 Å². The van der Waals surface area contributed by atoms with Gasteiger partial charge in [0.1, 0.15) is 5.75 Å². The van der Waals surface area contributed by atoms with Crippen LogP contribution in [-0.2, 0) is 4.79 Å². The largest absolute Gasteiger partial charge is 0.484 e. The smallest absolute Gasteiger partial charge is 0.257 e. The van der Waals surface area contributed by atoms with Gasteiger partial charge in [-0.25, -0.2) is 0 Å². The molecular formula is C15H17NO3S. The topological polar surface area (TPSA) is 58.6 Å². The molecule has 1 heterocycles. The highest BCUT2D eigenvalue weighted by Gasteiger charge is 2.08. The Balaban J connectivity index is 1.63. The Bertz CT molecular complexity index is 513. The molecule has 0 aliphatic rings. The first-order valence-electron chi connectivity index (χ1n) is 6.40. The molecule has 1 amide bonds. The summed E-state index contributed by atoms with van der Waals surface area (Å²) in [7, 11) is 0. The zero-order valence-corrected chi connectivity index (χ0v) is 11.8. The number of benzene rings is 1. The van der Waals surface area contributed by atoms with E-state index in [0.29, 0.717) is 18.7 Å². The van der Waals surface area contributed by atoms with Crippen molar-refractivity contribution in [3.63, 3.8) is 0 Å². The van der Waals surface area contributed by atoms with Crippen LogP contribution in [0.5, 0.6) is 5.75 Å². The number of aliphatic hydroxyl groups is 1. The Morgan fingerprint density at radius 1 is 1.30 bits per heavy atom. The monoisotopic (exact) mass is 291 g/mol. The number of nitrogens with one attached hydrogen (secondary N) is 1. The van der Waals surface area contributed by atoms with Crippen molar-refractivity contribution in [3.05, 3.63) is 52.7 Å². The molecule has 2 rings (SSSR count). The van der Waals surface area contributed by atoms with Crippen LogP contribution < -0.4 is 10.1 Å². The summed E-state index contributed by atoms with van der Waals surface area (Å²) in [5.41, 5.74) is 0.893. The Hall–Kier alpha value is -1.85. The maximum absolute atomic E-state index is 11.6. The van der Waals surface area contributed by atoms with E-state index >= 15 is 0 Å². The van der Waals surface area contributed by atoms with Gasteiger partial charge in [-0.2, -0.15) is 11.3 Å². The zero-order valence-electron chi connectivity index (χ0n) is 11.0. The second kappa shape index (κ2) is 7.67. The Morgan fingerprint density at radius 2 is 2.10 bits per heavy atom. The molecular weight excluding hydrogens is 274 g/mol. The summed E-state index contributed by atoms with van der Waals surface area (Å²) >= 11 is 1.55. The minimum absolute atomic E-state index is 0.0153. The molecule has 2 aromatic rings. The van der Waals surface area contributed by atoms with Crippen molar-refractivity contribution < 1.29 is 14.6 Å². The van der Waals surface area contributed by atoms with Gasteiger partial charge in [0.25, 0.3) is 5.91 Å². The predicted molar refractivity (Wildman–Crippen MR) is 78.8 cm³/mol. The van der Waals surface area contributed by atoms with Crippen LogP contribution in [0.25, 0.3) is 0 Å². The van der Waals surface area contributed by atoms with Crippen molar-refractivity contribution in [2.45, 2.75) is 12.5 Å². The van der Waals surface area contributed by atoms with E-state index < -0.39 is 6.10 Å². The van der Waals surface area contributed by atoms with Crippen LogP contribution in [0.4, 0.5) is 0 Å². The molecule has 0 unspecified atom stereocenters. The van der Waals surface area contributed by atoms with E-state index in [1.165, 1.54) is 0 Å². The van der Waals surface area contributed by atoms with Gasteiger partial charge in [0.2, 0.25) is 0 Å². The van der Waals surface area contributed by atoms with Gasteiger partial charge in [-0.05, 0) is 40.9 Å². The number of hydrogen-bond acceptors (Lipinski definition) is 4. The number of hydrogen-bond donors (Lipinski definition) is 2. The summed E-state index contributed by atoms with van der Waals surface area (Å²) in [6.07, 6.45) is -0.0371. The Labute approximate surface area is 122 Å². The second-order valence-electron chi connectivity index (χ2n) is 4.31. The number of rotatable bonds is 7. The minimum atomic E-state index is -0.531. The first-order chi connectivity index (χ1) is 9.75. The summed E-state index contributed by atoms with van der Waals surface area (Å²) in [5.74, 6) is 0.479. The Kier molecular flexibility index (Phi) is 5.58. The summed E-state index contributed by atoms with van der Waals surface area (Å²) in [4.78, 5) is 11.6. The third kappa shape index (κ3) is 4.68. The molecule has 2 N–H and O–H groups in total. The van der Waals surface area contributed by atoms with Crippen molar-refractivity contribution in [1.29, 1.82) is 0 Å². The van der Waals surface area contributed by atoms with Crippen LogP contribution >= 0.6 is 11.3 Å². The highest BCUT2D eigenvalue weighted by atomic mass is 32.1. The van der Waals surface area contributed by atoms with Crippen molar-refractivity contribution in [3.8, 4) is 5.75 Å².